The monoisotopic (exact) mass is 217 g/mol. The minimum absolute atomic E-state index is 0.214. The minimum atomic E-state index is 0.214. The Morgan fingerprint density at radius 1 is 1.25 bits per heavy atom. The molecule has 2 heteroatoms. The van der Waals surface area contributed by atoms with Crippen LogP contribution in [-0.4, -0.2) is 18.3 Å². The molecule has 0 amide bonds. The van der Waals surface area contributed by atoms with E-state index in [1.807, 2.05) is 12.1 Å². The van der Waals surface area contributed by atoms with E-state index in [1.54, 1.807) is 0 Å². The van der Waals surface area contributed by atoms with Crippen molar-refractivity contribution in [2.75, 3.05) is 13.2 Å². The normalized spacial score (nSPS) is 9.62. The lowest BCUT2D eigenvalue weighted by molar-refractivity contribution is 0.290. The average Bonchev–Trinajstić information content (AvgIpc) is 2.33. The van der Waals surface area contributed by atoms with Crippen LogP contribution in [0.25, 0.3) is 0 Å². The Kier molecular flexibility index (Phi) is 6.32. The molecule has 0 radical (unpaired) electrons. The van der Waals surface area contributed by atoms with Crippen molar-refractivity contribution in [1.82, 2.24) is 0 Å². The van der Waals surface area contributed by atoms with E-state index in [2.05, 4.69) is 24.0 Å². The number of rotatable bonds is 5. The molecule has 16 heavy (non-hydrogen) atoms. The summed E-state index contributed by atoms with van der Waals surface area (Å²) in [5.74, 6) is 6.16. The van der Waals surface area contributed by atoms with Gasteiger partial charge in [-0.3, -0.25) is 0 Å². The lowest BCUT2D eigenvalue weighted by Gasteiger charge is -1.99. The van der Waals surface area contributed by atoms with Gasteiger partial charge in [-0.25, -0.2) is 0 Å². The van der Waals surface area contributed by atoms with Crippen molar-refractivity contribution in [3.63, 3.8) is 0 Å². The number of hydrogen-bond donors (Lipinski definition) is 2. The van der Waals surface area contributed by atoms with Crippen LogP contribution in [0.1, 0.15) is 30.4 Å². The molecule has 0 aliphatic heterocycles. The van der Waals surface area contributed by atoms with Gasteiger partial charge < -0.3 is 10.8 Å². The van der Waals surface area contributed by atoms with Gasteiger partial charge >= 0.3 is 0 Å². The van der Waals surface area contributed by atoms with Gasteiger partial charge in [0.05, 0.1) is 0 Å². The van der Waals surface area contributed by atoms with Gasteiger partial charge in [0.1, 0.15) is 0 Å². The number of aryl methyl sites for hydroxylation is 1. The van der Waals surface area contributed by atoms with Crippen molar-refractivity contribution in [3.8, 4) is 11.8 Å². The van der Waals surface area contributed by atoms with E-state index in [9.17, 15) is 0 Å². The second kappa shape index (κ2) is 7.92. The Bertz CT molecular complexity index is 362. The van der Waals surface area contributed by atoms with Crippen molar-refractivity contribution in [2.45, 2.75) is 25.7 Å². The van der Waals surface area contributed by atoms with Crippen molar-refractivity contribution < 1.29 is 5.11 Å². The van der Waals surface area contributed by atoms with Crippen molar-refractivity contribution in [1.29, 1.82) is 0 Å². The maximum absolute atomic E-state index is 8.63. The number of unbranched alkanes of at least 4 members (excludes halogenated alkanes) is 1. The predicted octanol–water partition coefficient (Wildman–Crippen LogP) is 1.70. The number of benzene rings is 1. The van der Waals surface area contributed by atoms with E-state index in [0.717, 1.165) is 37.8 Å². The molecular weight excluding hydrogens is 198 g/mol. The molecule has 3 N–H and O–H groups in total. The lowest BCUT2D eigenvalue weighted by Crippen LogP contribution is -2.00. The maximum Gasteiger partial charge on any atom is 0.0440 e. The summed E-state index contributed by atoms with van der Waals surface area (Å²) in [5.41, 5.74) is 7.82. The Morgan fingerprint density at radius 2 is 2.12 bits per heavy atom. The van der Waals surface area contributed by atoms with Crippen LogP contribution in [0.4, 0.5) is 0 Å². The second-order valence-electron chi connectivity index (χ2n) is 3.72. The lowest BCUT2D eigenvalue weighted by atomic mass is 10.1. The highest BCUT2D eigenvalue weighted by atomic mass is 16.2. The summed E-state index contributed by atoms with van der Waals surface area (Å²) in [6.07, 6.45) is 3.54. The van der Waals surface area contributed by atoms with E-state index in [-0.39, 0.29) is 6.61 Å². The number of aliphatic hydroxyl groups is 1. The summed E-state index contributed by atoms with van der Waals surface area (Å²) >= 11 is 0. The predicted molar refractivity (Wildman–Crippen MR) is 67.0 cm³/mol. The van der Waals surface area contributed by atoms with Crippen LogP contribution in [-0.2, 0) is 6.42 Å². The molecule has 1 aromatic carbocycles. The Hall–Kier alpha value is -1.30. The van der Waals surface area contributed by atoms with Crippen molar-refractivity contribution in [2.24, 2.45) is 5.73 Å². The van der Waals surface area contributed by atoms with E-state index in [4.69, 9.17) is 10.8 Å². The van der Waals surface area contributed by atoms with Gasteiger partial charge in [-0.15, -0.1) is 0 Å². The summed E-state index contributed by atoms with van der Waals surface area (Å²) in [6, 6.07) is 8.26. The van der Waals surface area contributed by atoms with Gasteiger partial charge in [0.15, 0.2) is 0 Å². The number of hydrogen-bond acceptors (Lipinski definition) is 2. The zero-order chi connectivity index (χ0) is 11.6. The third-order valence-electron chi connectivity index (χ3n) is 2.29. The summed E-state index contributed by atoms with van der Waals surface area (Å²) < 4.78 is 0. The molecule has 86 valence electrons. The van der Waals surface area contributed by atoms with Gasteiger partial charge in [-0.05, 0) is 43.5 Å². The standard InChI is InChI=1S/C14H19NO/c15-10-5-9-14-8-4-7-13(12-14)6-2-1-3-11-16/h4,7-8,12,16H,1,3,5,9-11,15H2. The molecule has 0 aliphatic rings. The zero-order valence-corrected chi connectivity index (χ0v) is 9.58. The fourth-order valence-corrected chi connectivity index (χ4v) is 1.44. The third kappa shape index (κ3) is 4.97. The molecule has 2 nitrogen and oxygen atoms in total. The largest absolute Gasteiger partial charge is 0.396 e. The van der Waals surface area contributed by atoms with E-state index in [1.165, 1.54) is 5.56 Å². The third-order valence-corrected chi connectivity index (χ3v) is 2.29. The van der Waals surface area contributed by atoms with Gasteiger partial charge in [0.2, 0.25) is 0 Å². The topological polar surface area (TPSA) is 46.2 Å². The molecule has 0 saturated carbocycles. The Labute approximate surface area is 97.5 Å². The molecule has 0 heterocycles. The van der Waals surface area contributed by atoms with Gasteiger partial charge in [-0.2, -0.15) is 0 Å². The molecule has 0 fully saturated rings. The molecule has 0 aromatic heterocycles. The van der Waals surface area contributed by atoms with E-state index in [0.29, 0.717) is 0 Å². The fourth-order valence-electron chi connectivity index (χ4n) is 1.44. The van der Waals surface area contributed by atoms with Gasteiger partial charge in [-0.1, -0.05) is 24.0 Å². The molecule has 0 saturated heterocycles. The summed E-state index contributed by atoms with van der Waals surface area (Å²) in [7, 11) is 0. The number of aliphatic hydroxyl groups excluding tert-OH is 1. The highest BCUT2D eigenvalue weighted by Crippen LogP contribution is 2.06. The molecule has 0 unspecified atom stereocenters. The van der Waals surface area contributed by atoms with Crippen LogP contribution >= 0.6 is 0 Å². The molecule has 1 rings (SSSR count). The molecule has 0 atom stereocenters. The summed E-state index contributed by atoms with van der Waals surface area (Å²) in [4.78, 5) is 0. The summed E-state index contributed by atoms with van der Waals surface area (Å²) in [5, 5.41) is 8.63. The van der Waals surface area contributed by atoms with Crippen LogP contribution in [0, 0.1) is 11.8 Å². The second-order valence-corrected chi connectivity index (χ2v) is 3.72. The molecular formula is C14H19NO. The van der Waals surface area contributed by atoms with E-state index < -0.39 is 0 Å². The highest BCUT2D eigenvalue weighted by Gasteiger charge is 1.93. The fraction of sp³-hybridized carbons (Fsp3) is 0.429. The first kappa shape index (κ1) is 12.8. The molecule has 0 bridgehead atoms. The van der Waals surface area contributed by atoms with Crippen molar-refractivity contribution in [3.05, 3.63) is 35.4 Å². The quantitative estimate of drug-likeness (QED) is 0.582. The molecule has 0 aliphatic carbocycles. The first-order chi connectivity index (χ1) is 7.86. The Balaban J connectivity index is 2.55. The smallest absolute Gasteiger partial charge is 0.0440 e. The number of nitrogens with two attached hydrogens (primary N) is 1. The van der Waals surface area contributed by atoms with Crippen LogP contribution in [0.5, 0.6) is 0 Å². The average molecular weight is 217 g/mol. The maximum atomic E-state index is 8.63. The Morgan fingerprint density at radius 3 is 2.88 bits per heavy atom. The molecule has 1 aromatic rings. The van der Waals surface area contributed by atoms with Crippen LogP contribution < -0.4 is 5.73 Å². The van der Waals surface area contributed by atoms with Crippen molar-refractivity contribution >= 4 is 0 Å². The molecule has 0 spiro atoms. The SMILES string of the molecule is NCCCc1cccc(C#CCCCO)c1. The van der Waals surface area contributed by atoms with Crippen LogP contribution in [0.15, 0.2) is 24.3 Å². The zero-order valence-electron chi connectivity index (χ0n) is 9.58. The van der Waals surface area contributed by atoms with Gasteiger partial charge in [0.25, 0.3) is 0 Å². The first-order valence-corrected chi connectivity index (χ1v) is 5.75. The van der Waals surface area contributed by atoms with E-state index >= 15 is 0 Å². The van der Waals surface area contributed by atoms with Crippen LogP contribution in [0.3, 0.4) is 0 Å². The summed E-state index contributed by atoms with van der Waals surface area (Å²) in [6.45, 7) is 0.942. The highest BCUT2D eigenvalue weighted by molar-refractivity contribution is 5.37. The first-order valence-electron chi connectivity index (χ1n) is 5.75. The minimum Gasteiger partial charge on any atom is -0.396 e. The van der Waals surface area contributed by atoms with Crippen LogP contribution in [0.2, 0.25) is 0 Å². The van der Waals surface area contributed by atoms with Gasteiger partial charge in [0, 0.05) is 18.6 Å².